The quantitative estimate of drug-likeness (QED) is 0.212. The predicted molar refractivity (Wildman–Crippen MR) is 169 cm³/mol. The lowest BCUT2D eigenvalue weighted by atomic mass is 9.72. The molecule has 0 spiro atoms. The van der Waals surface area contributed by atoms with E-state index in [0.29, 0.717) is 5.92 Å². The summed E-state index contributed by atoms with van der Waals surface area (Å²) < 4.78 is 0. The van der Waals surface area contributed by atoms with Crippen molar-refractivity contribution in [3.8, 4) is 11.3 Å². The summed E-state index contributed by atoms with van der Waals surface area (Å²) in [6.07, 6.45) is 4.94. The lowest BCUT2D eigenvalue weighted by Gasteiger charge is -2.33. The highest BCUT2D eigenvalue weighted by molar-refractivity contribution is 7.16. The minimum Gasteiger partial charge on any atom is -0.354 e. The normalized spacial score (nSPS) is 15.4. The molecule has 0 saturated carbocycles. The Morgan fingerprint density at radius 3 is 2.45 bits per heavy atom. The van der Waals surface area contributed by atoms with E-state index in [1.807, 2.05) is 42.6 Å². The number of thiophene rings is 1. The van der Waals surface area contributed by atoms with Gasteiger partial charge in [-0.2, -0.15) is 0 Å². The fourth-order valence-electron chi connectivity index (χ4n) is 5.83. The smallest absolute Gasteiger partial charge is 0.259 e. The number of aromatic amines is 1. The Morgan fingerprint density at radius 1 is 1.00 bits per heavy atom. The molecule has 202 valence electrons. The number of amides is 1. The number of fused-ring (bicyclic) bond motifs is 2. The maximum Gasteiger partial charge on any atom is 0.259 e. The molecule has 5 heteroatoms. The number of nitrogens with zero attached hydrogens (tertiary/aromatic N) is 1. The number of nitrogens with one attached hydrogen (secondary N) is 2. The average molecular weight is 546 g/mol. The molecule has 2 N–H and O–H groups in total. The number of aromatic nitrogens is 1. The first-order valence-electron chi connectivity index (χ1n) is 14.0. The van der Waals surface area contributed by atoms with Crippen LogP contribution in [-0.4, -0.2) is 17.1 Å². The largest absolute Gasteiger partial charge is 0.354 e. The molecule has 1 atom stereocenters. The van der Waals surface area contributed by atoms with Gasteiger partial charge in [0.2, 0.25) is 0 Å². The number of rotatable bonds is 5. The van der Waals surface area contributed by atoms with Crippen molar-refractivity contribution in [2.24, 2.45) is 16.3 Å². The summed E-state index contributed by atoms with van der Waals surface area (Å²) in [5, 5.41) is 5.05. The van der Waals surface area contributed by atoms with Crippen LogP contribution in [0.3, 0.4) is 0 Å². The van der Waals surface area contributed by atoms with E-state index in [1.54, 1.807) is 11.3 Å². The molecule has 1 amide bonds. The standard InChI is InChI=1S/C35H35N3OS/c1-22-12-11-17-26-28(32(38-31(22)26)23-13-7-5-8-14-23)21-36-34-30(33(39)37-25-15-9-6-10-16-25)27-19-18-24(35(2,3)4)20-29(27)40-34/h5-17,21,24,38H,18-20H2,1-4H3,(H,37,39)/t24-/m1/s1. The summed E-state index contributed by atoms with van der Waals surface area (Å²) in [5.41, 5.74) is 8.42. The molecule has 0 saturated heterocycles. The molecule has 0 radical (unpaired) electrons. The van der Waals surface area contributed by atoms with E-state index in [9.17, 15) is 4.79 Å². The van der Waals surface area contributed by atoms with Crippen molar-refractivity contribution in [2.45, 2.75) is 47.0 Å². The summed E-state index contributed by atoms with van der Waals surface area (Å²) in [6.45, 7) is 9.09. The van der Waals surface area contributed by atoms with Gasteiger partial charge in [0.05, 0.1) is 11.3 Å². The number of hydrogen-bond donors (Lipinski definition) is 2. The molecule has 2 heterocycles. The van der Waals surface area contributed by atoms with Crippen molar-refractivity contribution in [3.63, 3.8) is 0 Å². The number of aryl methyl sites for hydroxylation is 1. The summed E-state index contributed by atoms with van der Waals surface area (Å²) in [5.74, 6) is 0.505. The van der Waals surface area contributed by atoms with Crippen molar-refractivity contribution in [1.29, 1.82) is 0 Å². The summed E-state index contributed by atoms with van der Waals surface area (Å²) >= 11 is 1.68. The predicted octanol–water partition coefficient (Wildman–Crippen LogP) is 9.36. The second-order valence-electron chi connectivity index (χ2n) is 11.8. The minimum absolute atomic E-state index is 0.0805. The summed E-state index contributed by atoms with van der Waals surface area (Å²) in [6, 6.07) is 26.4. The van der Waals surface area contributed by atoms with Gasteiger partial charge < -0.3 is 10.3 Å². The van der Waals surface area contributed by atoms with Gasteiger partial charge in [0.25, 0.3) is 5.91 Å². The number of benzene rings is 3. The molecule has 40 heavy (non-hydrogen) atoms. The lowest BCUT2D eigenvalue weighted by Crippen LogP contribution is -2.27. The molecule has 0 fully saturated rings. The van der Waals surface area contributed by atoms with E-state index in [1.165, 1.54) is 16.0 Å². The van der Waals surface area contributed by atoms with E-state index >= 15 is 0 Å². The van der Waals surface area contributed by atoms with Crippen molar-refractivity contribution in [3.05, 3.63) is 106 Å². The third-order valence-corrected chi connectivity index (χ3v) is 9.35. The van der Waals surface area contributed by atoms with Crippen LogP contribution in [0.15, 0.2) is 83.9 Å². The van der Waals surface area contributed by atoms with Gasteiger partial charge >= 0.3 is 0 Å². The molecule has 0 unspecified atom stereocenters. The zero-order valence-electron chi connectivity index (χ0n) is 23.5. The number of anilines is 1. The van der Waals surface area contributed by atoms with Gasteiger partial charge in [-0.1, -0.05) is 87.5 Å². The van der Waals surface area contributed by atoms with E-state index in [0.717, 1.165) is 63.2 Å². The fourth-order valence-corrected chi connectivity index (χ4v) is 7.09. The van der Waals surface area contributed by atoms with Crippen LogP contribution in [0.1, 0.15) is 59.1 Å². The van der Waals surface area contributed by atoms with Crippen LogP contribution in [0.25, 0.3) is 22.2 Å². The zero-order chi connectivity index (χ0) is 27.9. The Bertz CT molecular complexity index is 1700. The van der Waals surface area contributed by atoms with Gasteiger partial charge in [0.1, 0.15) is 5.00 Å². The molecule has 4 nitrogen and oxygen atoms in total. The maximum absolute atomic E-state index is 13.8. The number of carbonyl (C=O) groups is 1. The molecule has 6 rings (SSSR count). The second kappa shape index (κ2) is 10.5. The summed E-state index contributed by atoms with van der Waals surface area (Å²) in [7, 11) is 0. The van der Waals surface area contributed by atoms with Crippen LogP contribution in [0.5, 0.6) is 0 Å². The van der Waals surface area contributed by atoms with Crippen molar-refractivity contribution >= 4 is 45.0 Å². The van der Waals surface area contributed by atoms with Crippen LogP contribution >= 0.6 is 11.3 Å². The molecular weight excluding hydrogens is 510 g/mol. The number of H-pyrrole nitrogens is 1. The Hall–Kier alpha value is -3.96. The third kappa shape index (κ3) is 5.02. The molecule has 5 aromatic rings. The summed E-state index contributed by atoms with van der Waals surface area (Å²) in [4.78, 5) is 23.8. The van der Waals surface area contributed by atoms with Gasteiger partial charge in [-0.25, -0.2) is 4.99 Å². The van der Waals surface area contributed by atoms with E-state index in [2.05, 4.69) is 80.5 Å². The van der Waals surface area contributed by atoms with Crippen molar-refractivity contribution < 1.29 is 4.79 Å². The number of carbonyl (C=O) groups excluding carboxylic acids is 1. The molecule has 1 aliphatic carbocycles. The van der Waals surface area contributed by atoms with Crippen molar-refractivity contribution in [1.82, 2.24) is 4.98 Å². The Balaban J connectivity index is 1.46. The van der Waals surface area contributed by atoms with Crippen LogP contribution < -0.4 is 5.32 Å². The molecule has 0 aliphatic heterocycles. The first-order chi connectivity index (χ1) is 19.3. The topological polar surface area (TPSA) is 57.2 Å². The highest BCUT2D eigenvalue weighted by Gasteiger charge is 2.33. The van der Waals surface area contributed by atoms with E-state index in [4.69, 9.17) is 4.99 Å². The number of para-hydroxylation sites is 2. The first-order valence-corrected chi connectivity index (χ1v) is 14.8. The average Bonchev–Trinajstić information content (AvgIpc) is 3.51. The lowest BCUT2D eigenvalue weighted by molar-refractivity contribution is 0.102. The Morgan fingerprint density at radius 2 is 1.73 bits per heavy atom. The monoisotopic (exact) mass is 545 g/mol. The second-order valence-corrected chi connectivity index (χ2v) is 12.9. The van der Waals surface area contributed by atoms with Crippen LogP contribution in [0.2, 0.25) is 0 Å². The first kappa shape index (κ1) is 26.3. The van der Waals surface area contributed by atoms with Gasteiger partial charge in [-0.05, 0) is 66.3 Å². The SMILES string of the molecule is Cc1cccc2c(C=Nc3sc4c(c3C(=O)Nc3ccccc3)CC[C@@H](C(C)(C)C)C4)c(-c3ccccc3)[nH]c12. The van der Waals surface area contributed by atoms with Crippen LogP contribution in [0.4, 0.5) is 10.7 Å². The molecule has 1 aliphatic rings. The van der Waals surface area contributed by atoms with Gasteiger partial charge in [0.15, 0.2) is 0 Å². The van der Waals surface area contributed by atoms with Gasteiger partial charge in [0, 0.05) is 33.2 Å². The molecule has 0 bridgehead atoms. The number of aliphatic imine (C=N–C) groups is 1. The van der Waals surface area contributed by atoms with Crippen LogP contribution in [-0.2, 0) is 12.8 Å². The van der Waals surface area contributed by atoms with Gasteiger partial charge in [-0.3, -0.25) is 4.79 Å². The fraction of sp³-hybridized carbons (Fsp3) is 0.257. The number of hydrogen-bond acceptors (Lipinski definition) is 3. The maximum atomic E-state index is 13.8. The van der Waals surface area contributed by atoms with Crippen LogP contribution in [0, 0.1) is 18.3 Å². The van der Waals surface area contributed by atoms with E-state index < -0.39 is 0 Å². The van der Waals surface area contributed by atoms with Crippen molar-refractivity contribution in [2.75, 3.05) is 5.32 Å². The molecule has 3 aromatic carbocycles. The molecular formula is C35H35N3OS. The minimum atomic E-state index is -0.0805. The highest BCUT2D eigenvalue weighted by Crippen LogP contribution is 2.45. The highest BCUT2D eigenvalue weighted by atomic mass is 32.1. The Kier molecular flexibility index (Phi) is 6.93. The molecule has 2 aromatic heterocycles. The van der Waals surface area contributed by atoms with Gasteiger partial charge in [-0.15, -0.1) is 11.3 Å². The third-order valence-electron chi connectivity index (χ3n) is 8.19. The van der Waals surface area contributed by atoms with E-state index in [-0.39, 0.29) is 11.3 Å². The Labute approximate surface area is 240 Å². The zero-order valence-corrected chi connectivity index (χ0v) is 24.4.